The number of nitrogens with zero attached hydrogens (tertiary/aromatic N) is 2. The second kappa shape index (κ2) is 6.16. The van der Waals surface area contributed by atoms with Gasteiger partial charge in [-0.2, -0.15) is 0 Å². The maximum atomic E-state index is 11.5. The number of hydrogen-bond donors (Lipinski definition) is 0. The second-order valence-electron chi connectivity index (χ2n) is 6.26. The van der Waals surface area contributed by atoms with Gasteiger partial charge in [0.15, 0.2) is 0 Å². The highest BCUT2D eigenvalue weighted by Gasteiger charge is 2.34. The molecule has 2 fully saturated rings. The summed E-state index contributed by atoms with van der Waals surface area (Å²) in [5.41, 5.74) is 1.89. The lowest BCUT2D eigenvalue weighted by atomic mass is 10.1. The van der Waals surface area contributed by atoms with Crippen LogP contribution in [0.1, 0.15) is 35.7 Å². The van der Waals surface area contributed by atoms with Crippen molar-refractivity contribution in [2.75, 3.05) is 26.7 Å². The van der Waals surface area contributed by atoms with Crippen molar-refractivity contribution in [3.05, 3.63) is 35.4 Å². The minimum absolute atomic E-state index is 0.269. The molecule has 3 rings (SSSR count). The summed E-state index contributed by atoms with van der Waals surface area (Å²) in [7, 11) is 1.42. The number of benzene rings is 1. The lowest BCUT2D eigenvalue weighted by Crippen LogP contribution is -2.54. The number of methoxy groups -OCH3 is 1. The molecule has 0 unspecified atom stereocenters. The molecular weight excluding hydrogens is 264 g/mol. The molecule has 1 aromatic rings. The molecule has 0 saturated carbocycles. The maximum Gasteiger partial charge on any atom is 0.337 e. The Kier molecular flexibility index (Phi) is 4.27. The van der Waals surface area contributed by atoms with Gasteiger partial charge in [0.25, 0.3) is 0 Å². The lowest BCUT2D eigenvalue weighted by molar-refractivity contribution is 0.0540. The van der Waals surface area contributed by atoms with Gasteiger partial charge < -0.3 is 4.74 Å². The quantitative estimate of drug-likeness (QED) is 0.798. The van der Waals surface area contributed by atoms with Crippen molar-refractivity contribution in [2.24, 2.45) is 0 Å². The summed E-state index contributed by atoms with van der Waals surface area (Å²) >= 11 is 0. The Balaban J connectivity index is 1.64. The highest BCUT2D eigenvalue weighted by Crippen LogP contribution is 2.25. The van der Waals surface area contributed by atoms with Crippen LogP contribution >= 0.6 is 0 Å². The van der Waals surface area contributed by atoms with E-state index in [1.54, 1.807) is 0 Å². The molecule has 0 aromatic heterocycles. The topological polar surface area (TPSA) is 32.8 Å². The Morgan fingerprint density at radius 2 is 2.05 bits per heavy atom. The molecule has 0 N–H and O–H groups in total. The van der Waals surface area contributed by atoms with E-state index < -0.39 is 0 Å². The predicted octanol–water partition coefficient (Wildman–Crippen LogP) is 2.14. The molecular formula is C17H24N2O2. The van der Waals surface area contributed by atoms with Crippen LogP contribution in [0.25, 0.3) is 0 Å². The molecule has 0 spiro atoms. The fourth-order valence-corrected chi connectivity index (χ4v) is 3.57. The summed E-state index contributed by atoms with van der Waals surface area (Å²) < 4.78 is 4.74. The Morgan fingerprint density at radius 3 is 2.76 bits per heavy atom. The SMILES string of the molecule is COC(=O)c1ccc(CN2C[C@H]3CCCN3C[C@H]2C)cc1. The minimum Gasteiger partial charge on any atom is -0.465 e. The summed E-state index contributed by atoms with van der Waals surface area (Å²) in [4.78, 5) is 16.7. The number of carbonyl (C=O) groups is 1. The maximum absolute atomic E-state index is 11.5. The molecule has 0 radical (unpaired) electrons. The van der Waals surface area contributed by atoms with E-state index in [9.17, 15) is 4.79 Å². The summed E-state index contributed by atoms with van der Waals surface area (Å²) in [6, 6.07) is 9.14. The van der Waals surface area contributed by atoms with Crippen LogP contribution in [0.15, 0.2) is 24.3 Å². The number of hydrogen-bond acceptors (Lipinski definition) is 4. The van der Waals surface area contributed by atoms with Gasteiger partial charge in [-0.15, -0.1) is 0 Å². The number of ether oxygens (including phenoxy) is 1. The van der Waals surface area contributed by atoms with Gasteiger partial charge in [0, 0.05) is 31.7 Å². The normalized spacial score (nSPS) is 26.6. The first-order valence-corrected chi connectivity index (χ1v) is 7.82. The number of piperazine rings is 1. The Labute approximate surface area is 126 Å². The fourth-order valence-electron chi connectivity index (χ4n) is 3.57. The van der Waals surface area contributed by atoms with E-state index in [1.165, 1.54) is 45.1 Å². The van der Waals surface area contributed by atoms with Gasteiger partial charge in [-0.05, 0) is 44.0 Å². The number of rotatable bonds is 3. The van der Waals surface area contributed by atoms with Gasteiger partial charge in [-0.1, -0.05) is 12.1 Å². The Hall–Kier alpha value is -1.39. The molecule has 4 heteroatoms. The average molecular weight is 288 g/mol. The molecule has 2 heterocycles. The minimum atomic E-state index is -0.269. The molecule has 0 amide bonds. The van der Waals surface area contributed by atoms with E-state index in [1.807, 2.05) is 24.3 Å². The van der Waals surface area contributed by atoms with Crippen LogP contribution in [0.5, 0.6) is 0 Å². The largest absolute Gasteiger partial charge is 0.465 e. The number of esters is 1. The standard InChI is InChI=1S/C17H24N2O2/c1-13-10-18-9-3-4-16(18)12-19(13)11-14-5-7-15(8-6-14)17(20)21-2/h5-8,13,16H,3-4,9-12H2,1-2H3/t13-,16-/m1/s1. The van der Waals surface area contributed by atoms with Gasteiger partial charge >= 0.3 is 5.97 Å². The molecule has 114 valence electrons. The molecule has 4 nitrogen and oxygen atoms in total. The number of carbonyl (C=O) groups excluding carboxylic acids is 1. The van der Waals surface area contributed by atoms with Crippen molar-refractivity contribution in [3.63, 3.8) is 0 Å². The van der Waals surface area contributed by atoms with Crippen molar-refractivity contribution in [1.29, 1.82) is 0 Å². The third-order valence-corrected chi connectivity index (χ3v) is 4.83. The Bertz CT molecular complexity index is 500. The predicted molar refractivity (Wildman–Crippen MR) is 82.2 cm³/mol. The highest BCUT2D eigenvalue weighted by atomic mass is 16.5. The van der Waals surface area contributed by atoms with Crippen molar-refractivity contribution in [2.45, 2.75) is 38.4 Å². The molecule has 2 saturated heterocycles. The van der Waals surface area contributed by atoms with Gasteiger partial charge in [0.05, 0.1) is 12.7 Å². The van der Waals surface area contributed by atoms with Gasteiger partial charge in [-0.3, -0.25) is 9.80 Å². The molecule has 0 bridgehead atoms. The molecule has 0 aliphatic carbocycles. The van der Waals surface area contributed by atoms with E-state index in [4.69, 9.17) is 4.74 Å². The lowest BCUT2D eigenvalue weighted by Gasteiger charge is -2.42. The van der Waals surface area contributed by atoms with Crippen LogP contribution < -0.4 is 0 Å². The van der Waals surface area contributed by atoms with Crippen LogP contribution in [0, 0.1) is 0 Å². The molecule has 1 aromatic carbocycles. The van der Waals surface area contributed by atoms with Crippen molar-refractivity contribution >= 4 is 5.97 Å². The summed E-state index contributed by atoms with van der Waals surface area (Å²) in [5.74, 6) is -0.269. The second-order valence-corrected chi connectivity index (χ2v) is 6.26. The smallest absolute Gasteiger partial charge is 0.337 e. The van der Waals surface area contributed by atoms with Crippen LogP contribution in [0.3, 0.4) is 0 Å². The first-order valence-electron chi connectivity index (χ1n) is 7.82. The first kappa shape index (κ1) is 14.5. The zero-order valence-corrected chi connectivity index (χ0v) is 12.9. The molecule has 2 atom stereocenters. The van der Waals surface area contributed by atoms with E-state index in [0.29, 0.717) is 11.6 Å². The van der Waals surface area contributed by atoms with Crippen molar-refractivity contribution < 1.29 is 9.53 Å². The van der Waals surface area contributed by atoms with Crippen LogP contribution in [-0.4, -0.2) is 54.6 Å². The van der Waals surface area contributed by atoms with E-state index in [0.717, 1.165) is 12.6 Å². The van der Waals surface area contributed by atoms with E-state index in [-0.39, 0.29) is 5.97 Å². The fraction of sp³-hybridized carbons (Fsp3) is 0.588. The van der Waals surface area contributed by atoms with Crippen LogP contribution in [-0.2, 0) is 11.3 Å². The monoisotopic (exact) mass is 288 g/mol. The molecule has 21 heavy (non-hydrogen) atoms. The average Bonchev–Trinajstić information content (AvgIpc) is 2.94. The molecule has 2 aliphatic rings. The van der Waals surface area contributed by atoms with Gasteiger partial charge in [0.1, 0.15) is 0 Å². The first-order chi connectivity index (χ1) is 10.2. The third-order valence-electron chi connectivity index (χ3n) is 4.83. The van der Waals surface area contributed by atoms with E-state index in [2.05, 4.69) is 16.7 Å². The zero-order valence-electron chi connectivity index (χ0n) is 12.9. The Morgan fingerprint density at radius 1 is 1.29 bits per heavy atom. The zero-order chi connectivity index (χ0) is 14.8. The van der Waals surface area contributed by atoms with Crippen LogP contribution in [0.4, 0.5) is 0 Å². The summed E-state index contributed by atoms with van der Waals surface area (Å²) in [6.45, 7) is 6.91. The van der Waals surface area contributed by atoms with Crippen molar-refractivity contribution in [1.82, 2.24) is 9.80 Å². The highest BCUT2D eigenvalue weighted by molar-refractivity contribution is 5.89. The summed E-state index contributed by atoms with van der Waals surface area (Å²) in [5, 5.41) is 0. The van der Waals surface area contributed by atoms with Crippen molar-refractivity contribution in [3.8, 4) is 0 Å². The van der Waals surface area contributed by atoms with Crippen LogP contribution in [0.2, 0.25) is 0 Å². The third kappa shape index (κ3) is 3.11. The number of fused-ring (bicyclic) bond motifs is 1. The summed E-state index contributed by atoms with van der Waals surface area (Å²) in [6.07, 6.45) is 2.68. The van der Waals surface area contributed by atoms with E-state index >= 15 is 0 Å². The van der Waals surface area contributed by atoms with Gasteiger partial charge in [0.2, 0.25) is 0 Å². The van der Waals surface area contributed by atoms with Gasteiger partial charge in [-0.25, -0.2) is 4.79 Å². The molecule has 2 aliphatic heterocycles.